The summed E-state index contributed by atoms with van der Waals surface area (Å²) in [4.78, 5) is 22.0. The molecule has 5 rings (SSSR count). The Balaban J connectivity index is 1.70. The summed E-state index contributed by atoms with van der Waals surface area (Å²) in [7, 11) is 0. The molecule has 3 aromatic rings. The van der Waals surface area contributed by atoms with E-state index in [1.165, 1.54) is 24.3 Å². The van der Waals surface area contributed by atoms with Gasteiger partial charge in [0, 0.05) is 41.0 Å². The van der Waals surface area contributed by atoms with Gasteiger partial charge >= 0.3 is 0 Å². The molecule has 1 amide bonds. The van der Waals surface area contributed by atoms with Gasteiger partial charge in [0.05, 0.1) is 46.6 Å². The van der Waals surface area contributed by atoms with Crippen molar-refractivity contribution in [2.24, 2.45) is 0 Å². The molecule has 1 aliphatic heterocycles. The number of alkyl halides is 2. The smallest absolute Gasteiger partial charge is 0.299 e. The Bertz CT molecular complexity index is 1410. The molecule has 0 spiro atoms. The van der Waals surface area contributed by atoms with Gasteiger partial charge in [-0.2, -0.15) is 8.78 Å². The van der Waals surface area contributed by atoms with Crippen LogP contribution < -0.4 is 10.6 Å². The lowest BCUT2D eigenvalue weighted by Gasteiger charge is -2.28. The van der Waals surface area contributed by atoms with Crippen LogP contribution in [-0.2, 0) is 10.7 Å². The largest absolute Gasteiger partial charge is 0.372 e. The number of aromatic nitrogens is 2. The number of rotatable bonds is 2. The Kier molecular flexibility index (Phi) is 7.15. The molecule has 1 saturated carbocycles. The van der Waals surface area contributed by atoms with E-state index in [4.69, 9.17) is 16.3 Å². The highest BCUT2D eigenvalue weighted by atomic mass is 35.5. The number of halogens is 4. The molecule has 1 atom stereocenters. The molecule has 1 fully saturated rings. The van der Waals surface area contributed by atoms with E-state index in [1.807, 2.05) is 0 Å². The van der Waals surface area contributed by atoms with Gasteiger partial charge in [-0.15, -0.1) is 0 Å². The topological polar surface area (TPSA) is 76.1 Å². The maximum atomic E-state index is 15.8. The number of hydrogen-bond donors (Lipinski definition) is 2. The van der Waals surface area contributed by atoms with Crippen LogP contribution >= 0.6 is 11.6 Å². The third kappa shape index (κ3) is 5.00. The summed E-state index contributed by atoms with van der Waals surface area (Å²) in [6.07, 6.45) is 4.78. The third-order valence-corrected chi connectivity index (χ3v) is 7.19. The first-order valence-corrected chi connectivity index (χ1v) is 12.7. The maximum Gasteiger partial charge on any atom is 0.299 e. The minimum absolute atomic E-state index is 0.0483. The summed E-state index contributed by atoms with van der Waals surface area (Å²) in [5.41, 5.74) is 0.299. The van der Waals surface area contributed by atoms with E-state index in [-0.39, 0.29) is 45.9 Å². The number of hydrogen-bond acceptors (Lipinski definition) is 5. The number of amides is 1. The SMILES string of the molecule is C=C1CO[C@@H](C)CNC(=O)c2c(ccnc2C2CCC2)Nc2cc(-c3cc(Cl)ccc3F)ncc2C1(F)F. The lowest BCUT2D eigenvalue weighted by atomic mass is 9.80. The highest BCUT2D eigenvalue weighted by molar-refractivity contribution is 6.30. The van der Waals surface area contributed by atoms with Crippen molar-refractivity contribution in [1.29, 1.82) is 0 Å². The zero-order valence-electron chi connectivity index (χ0n) is 20.7. The molecule has 38 heavy (non-hydrogen) atoms. The molecule has 198 valence electrons. The van der Waals surface area contributed by atoms with Crippen molar-refractivity contribution in [3.05, 3.63) is 82.5 Å². The van der Waals surface area contributed by atoms with Gasteiger partial charge in [0.25, 0.3) is 11.8 Å². The molecule has 10 heteroatoms. The van der Waals surface area contributed by atoms with Crippen molar-refractivity contribution in [2.45, 2.75) is 44.1 Å². The number of fused-ring (bicyclic) bond motifs is 2. The van der Waals surface area contributed by atoms with E-state index in [0.717, 1.165) is 25.5 Å². The van der Waals surface area contributed by atoms with Gasteiger partial charge in [0.1, 0.15) is 5.82 Å². The third-order valence-electron chi connectivity index (χ3n) is 6.95. The molecule has 0 saturated heterocycles. The second kappa shape index (κ2) is 10.4. The van der Waals surface area contributed by atoms with Crippen LogP contribution in [0.25, 0.3) is 11.3 Å². The summed E-state index contributed by atoms with van der Waals surface area (Å²) in [5, 5.41) is 6.14. The highest BCUT2D eigenvalue weighted by Gasteiger charge is 2.39. The Morgan fingerprint density at radius 1 is 1.16 bits per heavy atom. The van der Waals surface area contributed by atoms with Gasteiger partial charge in [-0.05, 0) is 50.1 Å². The summed E-state index contributed by atoms with van der Waals surface area (Å²) in [6.45, 7) is 4.93. The second-order valence-electron chi connectivity index (χ2n) is 9.62. The molecule has 0 bridgehead atoms. The zero-order valence-corrected chi connectivity index (χ0v) is 21.4. The number of benzene rings is 1. The second-order valence-corrected chi connectivity index (χ2v) is 10.1. The monoisotopic (exact) mass is 542 g/mol. The number of nitrogens with one attached hydrogen (secondary N) is 2. The standard InChI is InChI=1S/C28H26ClF3N4O2/c1-15-14-38-16(2)12-35-27(37)25-22(8-9-33-26(25)17-4-3-5-17)36-24-11-23(34-13-20(24)28(15,31)32)19-10-18(29)6-7-21(19)30/h6-11,13,16-17,36H,1,3-5,12,14H2,2H3,(H,35,37)/t16-/m0/s1. The number of ether oxygens (including phenoxy) is 1. The van der Waals surface area contributed by atoms with Crippen LogP contribution in [0.5, 0.6) is 0 Å². The molecular weight excluding hydrogens is 517 g/mol. The molecule has 0 unspecified atom stereocenters. The van der Waals surface area contributed by atoms with Crippen LogP contribution in [0.2, 0.25) is 5.02 Å². The van der Waals surface area contributed by atoms with Crippen LogP contribution in [0.15, 0.2) is 54.9 Å². The van der Waals surface area contributed by atoms with E-state index in [0.29, 0.717) is 11.4 Å². The molecule has 1 aliphatic carbocycles. The van der Waals surface area contributed by atoms with Crippen LogP contribution in [0.4, 0.5) is 24.5 Å². The molecule has 2 aromatic heterocycles. The Morgan fingerprint density at radius 3 is 2.68 bits per heavy atom. The molecule has 1 aromatic carbocycles. The van der Waals surface area contributed by atoms with Crippen LogP contribution in [-0.4, -0.2) is 35.1 Å². The molecular formula is C28H26ClF3N4O2. The summed E-state index contributed by atoms with van der Waals surface area (Å²) in [5.74, 6) is -4.45. The number of pyridine rings is 2. The predicted molar refractivity (Wildman–Crippen MR) is 140 cm³/mol. The van der Waals surface area contributed by atoms with Crippen LogP contribution in [0.3, 0.4) is 0 Å². The number of nitrogens with zero attached hydrogens (tertiary/aromatic N) is 2. The minimum Gasteiger partial charge on any atom is -0.372 e. The number of anilines is 2. The van der Waals surface area contributed by atoms with Crippen molar-refractivity contribution in [2.75, 3.05) is 18.5 Å². The average molecular weight is 543 g/mol. The first kappa shape index (κ1) is 26.2. The first-order chi connectivity index (χ1) is 18.1. The van der Waals surface area contributed by atoms with Gasteiger partial charge in [0.2, 0.25) is 0 Å². The van der Waals surface area contributed by atoms with Crippen molar-refractivity contribution < 1.29 is 22.7 Å². The van der Waals surface area contributed by atoms with Crippen molar-refractivity contribution in [3.8, 4) is 11.3 Å². The molecule has 6 nitrogen and oxygen atoms in total. The molecule has 0 radical (unpaired) electrons. The lowest BCUT2D eigenvalue weighted by molar-refractivity contribution is 0.00471. The fourth-order valence-electron chi connectivity index (χ4n) is 4.51. The Labute approximate surface area is 223 Å². The maximum absolute atomic E-state index is 15.8. The fraction of sp³-hybridized carbons (Fsp3) is 0.321. The molecule has 3 heterocycles. The van der Waals surface area contributed by atoms with Gasteiger partial charge in [-0.3, -0.25) is 14.8 Å². The molecule has 2 N–H and O–H groups in total. The Morgan fingerprint density at radius 2 is 1.95 bits per heavy atom. The van der Waals surface area contributed by atoms with E-state index in [1.54, 1.807) is 19.2 Å². The summed E-state index contributed by atoms with van der Waals surface area (Å²) < 4.78 is 51.8. The quantitative estimate of drug-likeness (QED) is 0.351. The van der Waals surface area contributed by atoms with Crippen molar-refractivity contribution in [1.82, 2.24) is 15.3 Å². The summed E-state index contributed by atoms with van der Waals surface area (Å²) in [6, 6.07) is 6.82. The predicted octanol–water partition coefficient (Wildman–Crippen LogP) is 6.74. The van der Waals surface area contributed by atoms with Crippen molar-refractivity contribution >= 4 is 28.9 Å². The summed E-state index contributed by atoms with van der Waals surface area (Å²) >= 11 is 6.07. The number of carbonyl (C=O) groups is 1. The van der Waals surface area contributed by atoms with E-state index < -0.39 is 35.6 Å². The molecule has 2 aliphatic rings. The van der Waals surface area contributed by atoms with E-state index in [9.17, 15) is 9.18 Å². The Hall–Kier alpha value is -3.43. The van der Waals surface area contributed by atoms with Gasteiger partial charge in [-0.1, -0.05) is 24.6 Å². The zero-order chi connectivity index (χ0) is 27.0. The van der Waals surface area contributed by atoms with E-state index in [2.05, 4.69) is 27.2 Å². The minimum atomic E-state index is -3.55. The van der Waals surface area contributed by atoms with E-state index >= 15 is 8.78 Å². The van der Waals surface area contributed by atoms with Gasteiger partial charge in [0.15, 0.2) is 0 Å². The van der Waals surface area contributed by atoms with Crippen LogP contribution in [0.1, 0.15) is 53.7 Å². The van der Waals surface area contributed by atoms with Crippen LogP contribution in [0, 0.1) is 5.82 Å². The van der Waals surface area contributed by atoms with Gasteiger partial charge in [-0.25, -0.2) is 4.39 Å². The fourth-order valence-corrected chi connectivity index (χ4v) is 4.69. The lowest BCUT2D eigenvalue weighted by Crippen LogP contribution is -2.34. The average Bonchev–Trinajstić information content (AvgIpc) is 2.86. The van der Waals surface area contributed by atoms with Gasteiger partial charge < -0.3 is 15.4 Å². The highest BCUT2D eigenvalue weighted by Crippen LogP contribution is 2.43. The van der Waals surface area contributed by atoms with Crippen molar-refractivity contribution in [3.63, 3.8) is 0 Å². The first-order valence-electron chi connectivity index (χ1n) is 12.3. The normalized spacial score (nSPS) is 20.0. The number of carbonyl (C=O) groups excluding carboxylic acids is 1.